The Labute approximate surface area is 247 Å². The average molecular weight is 605 g/mol. The number of para-hydroxylation sites is 1. The molecule has 1 N–H and O–H groups in total. The summed E-state index contributed by atoms with van der Waals surface area (Å²) in [7, 11) is -4.14. The molecule has 0 aliphatic heterocycles. The lowest BCUT2D eigenvalue weighted by Crippen LogP contribution is -2.53. The fourth-order valence-electron chi connectivity index (χ4n) is 4.29. The highest BCUT2D eigenvalue weighted by Crippen LogP contribution is 2.30. The number of carbonyl (C=O) groups excluding carboxylic acids is 2. The van der Waals surface area contributed by atoms with Crippen LogP contribution in [0.25, 0.3) is 0 Å². The third-order valence-corrected chi connectivity index (χ3v) is 9.25. The second-order valence-corrected chi connectivity index (χ2v) is 12.3. The lowest BCUT2D eigenvalue weighted by molar-refractivity contribution is -0.140. The van der Waals surface area contributed by atoms with Crippen molar-refractivity contribution in [3.8, 4) is 0 Å². The summed E-state index contributed by atoms with van der Waals surface area (Å²) < 4.78 is 28.9. The van der Waals surface area contributed by atoms with E-state index < -0.39 is 28.5 Å². The van der Waals surface area contributed by atoms with E-state index in [0.29, 0.717) is 39.7 Å². The summed E-state index contributed by atoms with van der Waals surface area (Å²) in [6.45, 7) is 6.81. The van der Waals surface area contributed by atoms with Crippen LogP contribution < -0.4 is 9.62 Å². The predicted molar refractivity (Wildman–Crippen MR) is 161 cm³/mol. The molecular formula is C30H35Cl2N3O4S. The van der Waals surface area contributed by atoms with E-state index in [-0.39, 0.29) is 23.4 Å². The van der Waals surface area contributed by atoms with Crippen LogP contribution in [-0.2, 0) is 26.2 Å². The van der Waals surface area contributed by atoms with E-state index in [0.717, 1.165) is 4.31 Å². The van der Waals surface area contributed by atoms with Crippen molar-refractivity contribution in [3.05, 3.63) is 94.0 Å². The number of hydrogen-bond acceptors (Lipinski definition) is 4. The minimum atomic E-state index is -4.14. The molecule has 2 atom stereocenters. The Morgan fingerprint density at radius 3 is 2.05 bits per heavy atom. The first-order chi connectivity index (χ1) is 19.0. The molecule has 3 aromatic rings. The smallest absolute Gasteiger partial charge is 0.264 e. The highest BCUT2D eigenvalue weighted by atomic mass is 35.5. The van der Waals surface area contributed by atoms with Gasteiger partial charge in [0, 0.05) is 28.2 Å². The molecule has 3 aromatic carbocycles. The van der Waals surface area contributed by atoms with Gasteiger partial charge in [-0.15, -0.1) is 0 Å². The number of rotatable bonds is 12. The zero-order chi connectivity index (χ0) is 29.4. The minimum Gasteiger partial charge on any atom is -0.352 e. The Kier molecular flexibility index (Phi) is 11.0. The van der Waals surface area contributed by atoms with Crippen LogP contribution in [0.15, 0.2) is 77.7 Å². The maximum absolute atomic E-state index is 14.2. The molecule has 0 spiro atoms. The lowest BCUT2D eigenvalue weighted by atomic mass is 10.1. The van der Waals surface area contributed by atoms with Gasteiger partial charge < -0.3 is 10.2 Å². The van der Waals surface area contributed by atoms with Crippen molar-refractivity contribution in [3.63, 3.8) is 0 Å². The maximum Gasteiger partial charge on any atom is 0.264 e. The van der Waals surface area contributed by atoms with Gasteiger partial charge in [-0.3, -0.25) is 13.9 Å². The van der Waals surface area contributed by atoms with Crippen LogP contribution in [0.5, 0.6) is 0 Å². The van der Waals surface area contributed by atoms with Gasteiger partial charge >= 0.3 is 0 Å². The van der Waals surface area contributed by atoms with Gasteiger partial charge in [-0.2, -0.15) is 0 Å². The average Bonchev–Trinajstić information content (AvgIpc) is 2.93. The molecule has 0 aliphatic carbocycles. The molecule has 2 amide bonds. The zero-order valence-corrected chi connectivity index (χ0v) is 25.4. The summed E-state index contributed by atoms with van der Waals surface area (Å²) in [5, 5.41) is 3.64. The number of aryl methyl sites for hydroxylation is 1. The van der Waals surface area contributed by atoms with Gasteiger partial charge in [0.1, 0.15) is 12.6 Å². The third kappa shape index (κ3) is 7.36. The minimum absolute atomic E-state index is 0.0494. The predicted octanol–water partition coefficient (Wildman–Crippen LogP) is 6.22. The maximum atomic E-state index is 14.2. The number of carbonyl (C=O) groups is 2. The molecule has 0 radical (unpaired) electrons. The van der Waals surface area contributed by atoms with Crippen molar-refractivity contribution in [2.24, 2.45) is 0 Å². The monoisotopic (exact) mass is 603 g/mol. The molecule has 40 heavy (non-hydrogen) atoms. The van der Waals surface area contributed by atoms with Crippen molar-refractivity contribution in [2.45, 2.75) is 64.1 Å². The first-order valence-electron chi connectivity index (χ1n) is 13.2. The standard InChI is InChI=1S/C30H35Cl2N3O4S/c1-5-22(4)33-30(37)27(6-2)34(19-24-25(31)16-12-17-26(24)32)29(36)20-35(28-18-11-10-13-21(28)3)40(38,39)23-14-8-7-9-15-23/h7-18,22,27H,5-6,19-20H2,1-4H3,(H,33,37)/t22-,27+/m0/s1. The molecule has 10 heteroatoms. The molecule has 0 saturated heterocycles. The topological polar surface area (TPSA) is 86.8 Å². The summed E-state index contributed by atoms with van der Waals surface area (Å²) in [6.07, 6.45) is 1.01. The number of sulfonamides is 1. The lowest BCUT2D eigenvalue weighted by Gasteiger charge is -2.34. The van der Waals surface area contributed by atoms with Crippen LogP contribution in [-0.4, -0.2) is 43.8 Å². The number of nitrogens with one attached hydrogen (secondary N) is 1. The Hall–Kier alpha value is -3.07. The fraction of sp³-hybridized carbons (Fsp3) is 0.333. The highest BCUT2D eigenvalue weighted by Gasteiger charge is 2.34. The third-order valence-electron chi connectivity index (χ3n) is 6.77. The van der Waals surface area contributed by atoms with Crippen LogP contribution in [0, 0.1) is 6.92 Å². The normalized spacial score (nSPS) is 12.8. The molecule has 214 valence electrons. The van der Waals surface area contributed by atoms with Gasteiger partial charge in [0.05, 0.1) is 10.6 Å². The molecule has 0 unspecified atom stereocenters. The van der Waals surface area contributed by atoms with Crippen LogP contribution in [0.3, 0.4) is 0 Å². The van der Waals surface area contributed by atoms with E-state index >= 15 is 0 Å². The van der Waals surface area contributed by atoms with Crippen molar-refractivity contribution in [1.29, 1.82) is 0 Å². The zero-order valence-electron chi connectivity index (χ0n) is 23.1. The van der Waals surface area contributed by atoms with Crippen LogP contribution in [0.2, 0.25) is 10.0 Å². The van der Waals surface area contributed by atoms with E-state index in [1.807, 2.05) is 13.8 Å². The van der Waals surface area contributed by atoms with Gasteiger partial charge in [-0.25, -0.2) is 8.42 Å². The largest absolute Gasteiger partial charge is 0.352 e. The SMILES string of the molecule is CC[C@H](C(=O)N[C@@H](C)CC)N(Cc1c(Cl)cccc1Cl)C(=O)CN(c1ccccc1C)S(=O)(=O)c1ccccc1. The van der Waals surface area contributed by atoms with Crippen LogP contribution in [0.1, 0.15) is 44.7 Å². The molecule has 3 rings (SSSR count). The summed E-state index contributed by atoms with van der Waals surface area (Å²) in [4.78, 5) is 29.0. The Balaban J connectivity index is 2.10. The number of hydrogen-bond donors (Lipinski definition) is 1. The molecule has 0 aliphatic rings. The Morgan fingerprint density at radius 2 is 1.48 bits per heavy atom. The number of nitrogens with zero attached hydrogens (tertiary/aromatic N) is 2. The van der Waals surface area contributed by atoms with Crippen molar-refractivity contribution in [2.75, 3.05) is 10.8 Å². The quantitative estimate of drug-likeness (QED) is 0.266. The molecule has 0 heterocycles. The van der Waals surface area contributed by atoms with E-state index in [9.17, 15) is 18.0 Å². The van der Waals surface area contributed by atoms with E-state index in [1.165, 1.54) is 17.0 Å². The van der Waals surface area contributed by atoms with E-state index in [2.05, 4.69) is 5.32 Å². The summed E-state index contributed by atoms with van der Waals surface area (Å²) >= 11 is 12.9. The fourth-order valence-corrected chi connectivity index (χ4v) is 6.31. The Bertz CT molecular complexity index is 1410. The number of amides is 2. The van der Waals surface area contributed by atoms with Gasteiger partial charge in [0.25, 0.3) is 10.0 Å². The highest BCUT2D eigenvalue weighted by molar-refractivity contribution is 7.92. The van der Waals surface area contributed by atoms with Gasteiger partial charge in [-0.1, -0.05) is 79.5 Å². The van der Waals surface area contributed by atoms with Gasteiger partial charge in [0.2, 0.25) is 11.8 Å². The summed E-state index contributed by atoms with van der Waals surface area (Å²) in [6, 6.07) is 18.9. The molecule has 0 fully saturated rings. The number of anilines is 1. The number of halogens is 2. The first-order valence-corrected chi connectivity index (χ1v) is 15.4. The molecule has 0 aromatic heterocycles. The second kappa shape index (κ2) is 14.0. The van der Waals surface area contributed by atoms with Crippen LogP contribution >= 0.6 is 23.2 Å². The molecule has 0 bridgehead atoms. The van der Waals surface area contributed by atoms with Crippen molar-refractivity contribution in [1.82, 2.24) is 10.2 Å². The van der Waals surface area contributed by atoms with Crippen molar-refractivity contribution < 1.29 is 18.0 Å². The van der Waals surface area contributed by atoms with E-state index in [1.54, 1.807) is 74.5 Å². The van der Waals surface area contributed by atoms with E-state index in [4.69, 9.17) is 23.2 Å². The Morgan fingerprint density at radius 1 is 0.875 bits per heavy atom. The summed E-state index contributed by atoms with van der Waals surface area (Å²) in [5.41, 5.74) is 1.52. The molecule has 0 saturated carbocycles. The van der Waals surface area contributed by atoms with Crippen LogP contribution in [0.4, 0.5) is 5.69 Å². The van der Waals surface area contributed by atoms with Gasteiger partial charge in [0.15, 0.2) is 0 Å². The molecule has 7 nitrogen and oxygen atoms in total. The van der Waals surface area contributed by atoms with Crippen molar-refractivity contribution >= 4 is 50.7 Å². The summed E-state index contributed by atoms with van der Waals surface area (Å²) in [5.74, 6) is -0.897. The van der Waals surface area contributed by atoms with Gasteiger partial charge in [-0.05, 0) is 62.6 Å². The number of benzene rings is 3. The second-order valence-electron chi connectivity index (χ2n) is 9.58. The molecular weight excluding hydrogens is 569 g/mol. The first kappa shape index (κ1) is 31.5.